The van der Waals surface area contributed by atoms with Crippen LogP contribution in [-0.2, 0) is 10.9 Å². The Balaban J connectivity index is 1.22. The van der Waals surface area contributed by atoms with Gasteiger partial charge in [0.2, 0.25) is 0 Å². The Labute approximate surface area is 233 Å². The Morgan fingerprint density at radius 1 is 0.902 bits per heavy atom. The molecule has 1 aliphatic rings. The molecule has 3 heterocycles. The summed E-state index contributed by atoms with van der Waals surface area (Å²) in [4.78, 5) is 27.6. The van der Waals surface area contributed by atoms with Gasteiger partial charge in [-0.05, 0) is 54.6 Å². The van der Waals surface area contributed by atoms with E-state index in [-0.39, 0.29) is 5.69 Å². The lowest BCUT2D eigenvalue weighted by Gasteiger charge is -2.29. The van der Waals surface area contributed by atoms with Gasteiger partial charge in [0.15, 0.2) is 5.82 Å². The van der Waals surface area contributed by atoms with E-state index in [1.54, 1.807) is 24.3 Å². The second-order valence-electron chi connectivity index (χ2n) is 9.54. The summed E-state index contributed by atoms with van der Waals surface area (Å²) in [6.07, 6.45) is -2.69. The number of aromatic amines is 1. The Kier molecular flexibility index (Phi) is 7.02. The maximum absolute atomic E-state index is 13.0. The first-order valence-corrected chi connectivity index (χ1v) is 13.0. The van der Waals surface area contributed by atoms with Crippen molar-refractivity contribution in [1.29, 1.82) is 0 Å². The zero-order valence-corrected chi connectivity index (χ0v) is 21.7. The molecule has 2 aromatic heterocycles. The Morgan fingerprint density at radius 3 is 2.41 bits per heavy atom. The molecule has 11 heteroatoms. The van der Waals surface area contributed by atoms with Crippen LogP contribution in [0.15, 0.2) is 85.1 Å². The summed E-state index contributed by atoms with van der Waals surface area (Å²) in [6, 6.07) is 20.9. The summed E-state index contributed by atoms with van der Waals surface area (Å²) in [5.74, 6) is 1.32. The van der Waals surface area contributed by atoms with Crippen LogP contribution in [0.2, 0.25) is 0 Å². The average molecular weight is 559 g/mol. The van der Waals surface area contributed by atoms with Crippen molar-refractivity contribution in [1.82, 2.24) is 15.0 Å². The Hall–Kier alpha value is -4.90. The van der Waals surface area contributed by atoms with Gasteiger partial charge in [0.1, 0.15) is 5.82 Å². The Morgan fingerprint density at radius 2 is 1.66 bits per heavy atom. The third kappa shape index (κ3) is 5.85. The summed E-state index contributed by atoms with van der Waals surface area (Å²) in [6.45, 7) is 2.61. The number of rotatable bonds is 5. The number of halogens is 3. The highest BCUT2D eigenvalue weighted by Crippen LogP contribution is 2.33. The van der Waals surface area contributed by atoms with E-state index in [1.807, 2.05) is 24.4 Å². The number of para-hydroxylation sites is 1. The van der Waals surface area contributed by atoms with Gasteiger partial charge >= 0.3 is 12.2 Å². The summed E-state index contributed by atoms with van der Waals surface area (Å²) in [5.41, 5.74) is 3.23. The van der Waals surface area contributed by atoms with Crippen molar-refractivity contribution in [2.75, 3.05) is 41.8 Å². The number of hydrogen-bond donors (Lipinski definition) is 3. The van der Waals surface area contributed by atoms with Crippen molar-refractivity contribution >= 4 is 34.1 Å². The number of urea groups is 1. The van der Waals surface area contributed by atoms with E-state index in [9.17, 15) is 18.0 Å². The molecule has 5 aromatic rings. The number of ether oxygens (including phenoxy) is 1. The van der Waals surface area contributed by atoms with E-state index in [2.05, 4.69) is 37.6 Å². The number of fused-ring (bicyclic) bond motifs is 1. The molecule has 1 aliphatic heterocycles. The van der Waals surface area contributed by atoms with E-state index in [1.165, 1.54) is 12.1 Å². The second kappa shape index (κ2) is 10.9. The number of H-pyrrole nitrogens is 1. The van der Waals surface area contributed by atoms with Crippen LogP contribution in [0, 0.1) is 0 Å². The van der Waals surface area contributed by atoms with Gasteiger partial charge in [-0.3, -0.25) is 0 Å². The number of aromatic nitrogens is 3. The molecule has 0 radical (unpaired) electrons. The van der Waals surface area contributed by atoms with Crippen LogP contribution < -0.4 is 15.5 Å². The van der Waals surface area contributed by atoms with Crippen LogP contribution in [0.25, 0.3) is 33.5 Å². The van der Waals surface area contributed by atoms with E-state index in [4.69, 9.17) is 9.72 Å². The van der Waals surface area contributed by atoms with Crippen LogP contribution in [0.5, 0.6) is 0 Å². The smallest absolute Gasteiger partial charge is 0.378 e. The molecule has 208 valence electrons. The van der Waals surface area contributed by atoms with Crippen molar-refractivity contribution in [2.45, 2.75) is 6.18 Å². The number of anilines is 3. The number of morpholine rings is 1. The highest BCUT2D eigenvalue weighted by Gasteiger charge is 2.30. The maximum Gasteiger partial charge on any atom is 0.416 e. The number of nitrogens with zero attached hydrogens (tertiary/aromatic N) is 3. The monoisotopic (exact) mass is 558 g/mol. The Bertz CT molecular complexity index is 1660. The maximum atomic E-state index is 13.0. The van der Waals surface area contributed by atoms with Crippen molar-refractivity contribution in [3.63, 3.8) is 0 Å². The zero-order chi connectivity index (χ0) is 28.4. The molecule has 0 unspecified atom stereocenters. The first-order valence-electron chi connectivity index (χ1n) is 13.0. The average Bonchev–Trinajstić information content (AvgIpc) is 3.42. The molecule has 6 rings (SSSR count). The van der Waals surface area contributed by atoms with Gasteiger partial charge in [0.05, 0.1) is 30.0 Å². The van der Waals surface area contributed by atoms with Gasteiger partial charge in [-0.1, -0.05) is 24.3 Å². The molecular formula is C30H25F3N6O2. The molecule has 0 spiro atoms. The SMILES string of the molecule is O=C(Nc1ccc(-c2ncc(-c3cc4ccccc4[nH]3)c(N3CCOCC3)n2)cc1)Nc1cccc(C(F)(F)F)c1. The largest absolute Gasteiger partial charge is 0.416 e. The lowest BCUT2D eigenvalue weighted by molar-refractivity contribution is -0.137. The number of carbonyl (C=O) groups is 1. The molecule has 0 atom stereocenters. The van der Waals surface area contributed by atoms with E-state index < -0.39 is 17.8 Å². The lowest BCUT2D eigenvalue weighted by atomic mass is 10.1. The molecule has 41 heavy (non-hydrogen) atoms. The molecule has 3 N–H and O–H groups in total. The summed E-state index contributed by atoms with van der Waals surface area (Å²) < 4.78 is 44.4. The number of carbonyl (C=O) groups excluding carboxylic acids is 1. The predicted molar refractivity (Wildman–Crippen MR) is 152 cm³/mol. The van der Waals surface area contributed by atoms with Gasteiger partial charge in [0.25, 0.3) is 0 Å². The fraction of sp³-hybridized carbons (Fsp3) is 0.167. The molecule has 1 saturated heterocycles. The van der Waals surface area contributed by atoms with Crippen LogP contribution in [0.3, 0.4) is 0 Å². The molecule has 1 fully saturated rings. The summed E-state index contributed by atoms with van der Waals surface area (Å²) in [7, 11) is 0. The van der Waals surface area contributed by atoms with Gasteiger partial charge in [0, 0.05) is 47.1 Å². The number of nitrogens with one attached hydrogen (secondary N) is 3. The van der Waals surface area contributed by atoms with Gasteiger partial charge < -0.3 is 25.3 Å². The van der Waals surface area contributed by atoms with Crippen molar-refractivity contribution in [2.24, 2.45) is 0 Å². The highest BCUT2D eigenvalue weighted by atomic mass is 19.4. The number of benzene rings is 3. The molecule has 2 amide bonds. The topological polar surface area (TPSA) is 95.2 Å². The standard InChI is InChI=1S/C30H25F3N6O2/c31-30(32,33)21-5-3-6-23(17-21)36-29(40)35-22-10-8-19(9-11-22)27-34-18-24(28(38-27)39-12-14-41-15-13-39)26-16-20-4-1-2-7-25(20)37-26/h1-11,16-18,37H,12-15H2,(H2,35,36,40). The zero-order valence-electron chi connectivity index (χ0n) is 21.7. The van der Waals surface area contributed by atoms with E-state index in [0.717, 1.165) is 45.7 Å². The molecule has 0 aliphatic carbocycles. The molecule has 8 nitrogen and oxygen atoms in total. The highest BCUT2D eigenvalue weighted by molar-refractivity contribution is 6.00. The third-order valence-electron chi connectivity index (χ3n) is 6.75. The van der Waals surface area contributed by atoms with Crippen molar-refractivity contribution < 1.29 is 22.7 Å². The molecule has 0 bridgehead atoms. The molecule has 3 aromatic carbocycles. The minimum atomic E-state index is -4.50. The van der Waals surface area contributed by atoms with Gasteiger partial charge in [-0.2, -0.15) is 13.2 Å². The quantitative estimate of drug-likeness (QED) is 0.221. The normalized spacial score (nSPS) is 13.8. The van der Waals surface area contributed by atoms with Crippen LogP contribution in [0.1, 0.15) is 5.56 Å². The minimum absolute atomic E-state index is 0.0352. The predicted octanol–water partition coefficient (Wildman–Crippen LogP) is 6.79. The van der Waals surface area contributed by atoms with Crippen molar-refractivity contribution in [3.05, 3.63) is 90.6 Å². The van der Waals surface area contributed by atoms with Crippen LogP contribution >= 0.6 is 0 Å². The van der Waals surface area contributed by atoms with Crippen molar-refractivity contribution in [3.8, 4) is 22.6 Å². The van der Waals surface area contributed by atoms with Crippen LogP contribution in [-0.4, -0.2) is 47.3 Å². The van der Waals surface area contributed by atoms with Crippen LogP contribution in [0.4, 0.5) is 35.2 Å². The van der Waals surface area contributed by atoms with E-state index >= 15 is 0 Å². The fourth-order valence-electron chi connectivity index (χ4n) is 4.71. The first-order chi connectivity index (χ1) is 19.8. The fourth-order valence-corrected chi connectivity index (χ4v) is 4.71. The van der Waals surface area contributed by atoms with Gasteiger partial charge in [-0.25, -0.2) is 14.8 Å². The number of amides is 2. The van der Waals surface area contributed by atoms with E-state index in [0.29, 0.717) is 37.8 Å². The first kappa shape index (κ1) is 26.3. The van der Waals surface area contributed by atoms with Gasteiger partial charge in [-0.15, -0.1) is 0 Å². The number of alkyl halides is 3. The molecule has 0 saturated carbocycles. The third-order valence-corrected chi connectivity index (χ3v) is 6.75. The summed E-state index contributed by atoms with van der Waals surface area (Å²) in [5, 5.41) is 6.16. The lowest BCUT2D eigenvalue weighted by Crippen LogP contribution is -2.37. The minimum Gasteiger partial charge on any atom is -0.378 e. The summed E-state index contributed by atoms with van der Waals surface area (Å²) >= 11 is 0. The molecular weight excluding hydrogens is 533 g/mol. The second-order valence-corrected chi connectivity index (χ2v) is 9.54. The number of hydrogen-bond acceptors (Lipinski definition) is 5.